The zero-order chi connectivity index (χ0) is 29.8. The number of imide groups is 1. The number of aryl methyl sites for hydroxylation is 1. The standard InChI is InChI=1S/C26H30Cl3N7O5S/c1-25(2,13-41-24(38)33-22(37)26(27,28)29)34-20-19-17(5-8-42(19)39)31-23(32-20)35-6-7-36-16(11-35)12-40-18-9-15(14-3-4-14)10-30-21(18)36/h9-10,14,16H,3-8,11-13H2,1-2H3,(H,31,32,34)(H,33,37,38)/t16?,42-/m1/s1. The molecule has 0 aromatic carbocycles. The molecule has 2 aromatic rings. The van der Waals surface area contributed by atoms with Crippen LogP contribution in [0.25, 0.3) is 0 Å². The van der Waals surface area contributed by atoms with Gasteiger partial charge < -0.3 is 24.6 Å². The first kappa shape index (κ1) is 29.5. The van der Waals surface area contributed by atoms with Gasteiger partial charge in [0.15, 0.2) is 11.6 Å². The molecule has 2 atom stereocenters. The third-order valence-corrected chi connectivity index (χ3v) is 9.52. The smallest absolute Gasteiger partial charge is 0.414 e. The van der Waals surface area contributed by atoms with E-state index in [1.54, 1.807) is 13.8 Å². The SMILES string of the molecule is CC(C)(COC(=O)NC(=O)C(Cl)(Cl)Cl)Nc1nc(N2CCN3c4ncc(C5CC5)cc4OCC3C2)nc2c1[S@](=O)CC2. The summed E-state index contributed by atoms with van der Waals surface area (Å²) in [5.41, 5.74) is 1.11. The lowest BCUT2D eigenvalue weighted by Crippen LogP contribution is -2.58. The maximum Gasteiger partial charge on any atom is 0.414 e. The number of carbonyl (C=O) groups excluding carboxylic acids is 2. The molecule has 2 fully saturated rings. The van der Waals surface area contributed by atoms with Gasteiger partial charge >= 0.3 is 6.09 Å². The third-order valence-electron chi connectivity index (χ3n) is 7.54. The number of rotatable bonds is 6. The molecule has 16 heteroatoms. The molecule has 2 amide bonds. The summed E-state index contributed by atoms with van der Waals surface area (Å²) in [5, 5.41) is 5.15. The van der Waals surface area contributed by atoms with E-state index in [4.69, 9.17) is 59.2 Å². The molecule has 1 saturated heterocycles. The number of hydrogen-bond acceptors (Lipinski definition) is 11. The normalized spacial score (nSPS) is 21.5. The highest BCUT2D eigenvalue weighted by molar-refractivity contribution is 7.85. The molecule has 0 bridgehead atoms. The van der Waals surface area contributed by atoms with Crippen LogP contribution in [-0.4, -0.2) is 85.1 Å². The van der Waals surface area contributed by atoms with E-state index in [0.717, 1.165) is 23.8 Å². The summed E-state index contributed by atoms with van der Waals surface area (Å²) in [5.74, 6) is 2.62. The summed E-state index contributed by atoms with van der Waals surface area (Å²) in [7, 11) is -1.27. The molecule has 3 aliphatic heterocycles. The summed E-state index contributed by atoms with van der Waals surface area (Å²) < 4.78 is 21.9. The second-order valence-corrected chi connectivity index (χ2v) is 15.2. The molecule has 5 heterocycles. The van der Waals surface area contributed by atoms with Crippen molar-refractivity contribution in [2.45, 2.75) is 59.3 Å². The van der Waals surface area contributed by atoms with Gasteiger partial charge in [0.05, 0.1) is 28.1 Å². The van der Waals surface area contributed by atoms with E-state index < -0.39 is 32.1 Å². The van der Waals surface area contributed by atoms with E-state index in [-0.39, 0.29) is 12.6 Å². The largest absolute Gasteiger partial charge is 0.487 e. The second kappa shape index (κ2) is 11.1. The number of carbonyl (C=O) groups is 2. The van der Waals surface area contributed by atoms with Crippen molar-refractivity contribution in [1.82, 2.24) is 20.3 Å². The zero-order valence-corrected chi connectivity index (χ0v) is 26.1. The topological polar surface area (TPSA) is 139 Å². The van der Waals surface area contributed by atoms with E-state index >= 15 is 0 Å². The van der Waals surface area contributed by atoms with Gasteiger partial charge in [0.25, 0.3) is 9.70 Å². The Bertz CT molecular complexity index is 1450. The van der Waals surface area contributed by atoms with Crippen molar-refractivity contribution in [3.8, 4) is 5.75 Å². The van der Waals surface area contributed by atoms with E-state index in [9.17, 15) is 13.8 Å². The lowest BCUT2D eigenvalue weighted by atomic mass is 10.1. The van der Waals surface area contributed by atoms with Gasteiger partial charge in [-0.1, -0.05) is 34.8 Å². The second-order valence-electron chi connectivity index (χ2n) is 11.5. The van der Waals surface area contributed by atoms with Crippen LogP contribution in [0.4, 0.5) is 22.4 Å². The Balaban J connectivity index is 1.16. The number of fused-ring (bicyclic) bond motifs is 4. The number of pyridine rings is 1. The third kappa shape index (κ3) is 6.20. The van der Waals surface area contributed by atoms with Crippen molar-refractivity contribution in [2.75, 3.05) is 53.7 Å². The van der Waals surface area contributed by atoms with E-state index in [0.29, 0.717) is 54.4 Å². The van der Waals surface area contributed by atoms with Crippen LogP contribution in [-0.2, 0) is 26.8 Å². The molecule has 42 heavy (non-hydrogen) atoms. The first-order valence-electron chi connectivity index (χ1n) is 13.6. The van der Waals surface area contributed by atoms with Crippen molar-refractivity contribution < 1.29 is 23.3 Å². The summed E-state index contributed by atoms with van der Waals surface area (Å²) in [6.07, 6.45) is 3.91. The van der Waals surface area contributed by atoms with Crippen LogP contribution in [0.5, 0.6) is 5.75 Å². The number of amides is 2. The molecular weight excluding hydrogens is 629 g/mol. The van der Waals surface area contributed by atoms with Gasteiger partial charge in [-0.05, 0) is 44.2 Å². The summed E-state index contributed by atoms with van der Waals surface area (Å²) in [6.45, 7) is 5.96. The summed E-state index contributed by atoms with van der Waals surface area (Å²) >= 11 is 16.5. The highest BCUT2D eigenvalue weighted by Crippen LogP contribution is 2.43. The predicted molar refractivity (Wildman–Crippen MR) is 160 cm³/mol. The highest BCUT2D eigenvalue weighted by atomic mass is 35.6. The number of piperazine rings is 1. The Labute approximate surface area is 260 Å². The molecule has 12 nitrogen and oxygen atoms in total. The average Bonchev–Trinajstić information content (AvgIpc) is 3.72. The Hall–Kier alpha value is -2.61. The molecule has 6 rings (SSSR count). The van der Waals surface area contributed by atoms with Gasteiger partial charge in [-0.15, -0.1) is 0 Å². The van der Waals surface area contributed by atoms with Crippen LogP contribution < -0.4 is 25.2 Å². The van der Waals surface area contributed by atoms with Gasteiger partial charge in [-0.2, -0.15) is 4.98 Å². The lowest BCUT2D eigenvalue weighted by molar-refractivity contribution is -0.119. The molecule has 1 aliphatic carbocycles. The summed E-state index contributed by atoms with van der Waals surface area (Å²) in [4.78, 5) is 43.1. The number of alkyl halides is 3. The minimum atomic E-state index is -2.30. The van der Waals surface area contributed by atoms with Crippen LogP contribution in [0.1, 0.15) is 43.9 Å². The van der Waals surface area contributed by atoms with Crippen molar-refractivity contribution in [1.29, 1.82) is 0 Å². The number of hydrogen-bond donors (Lipinski definition) is 2. The molecule has 2 N–H and O–H groups in total. The monoisotopic (exact) mass is 657 g/mol. The van der Waals surface area contributed by atoms with Gasteiger partial charge in [-0.25, -0.2) is 14.8 Å². The molecule has 0 radical (unpaired) electrons. The van der Waals surface area contributed by atoms with E-state index in [2.05, 4.69) is 21.2 Å². The molecule has 0 spiro atoms. The quantitative estimate of drug-likeness (QED) is 0.442. The average molecular weight is 659 g/mol. The minimum absolute atomic E-state index is 0.0756. The predicted octanol–water partition coefficient (Wildman–Crippen LogP) is 3.31. The first-order chi connectivity index (χ1) is 19.9. The number of nitrogens with zero attached hydrogens (tertiary/aromatic N) is 5. The van der Waals surface area contributed by atoms with Crippen molar-refractivity contribution >= 4 is 75.2 Å². The Morgan fingerprint density at radius 2 is 2.00 bits per heavy atom. The Morgan fingerprint density at radius 1 is 1.21 bits per heavy atom. The number of aromatic nitrogens is 3. The number of anilines is 3. The highest BCUT2D eigenvalue weighted by Gasteiger charge is 2.38. The number of nitrogens with one attached hydrogen (secondary N) is 2. The fourth-order valence-corrected chi connectivity index (χ4v) is 6.72. The molecule has 226 valence electrons. The number of halogens is 3. The van der Waals surface area contributed by atoms with Crippen molar-refractivity contribution in [3.05, 3.63) is 23.5 Å². The fraction of sp³-hybridized carbons (Fsp3) is 0.577. The van der Waals surface area contributed by atoms with Gasteiger partial charge in [0.2, 0.25) is 5.95 Å². The minimum Gasteiger partial charge on any atom is -0.487 e. The number of ether oxygens (including phenoxy) is 2. The van der Waals surface area contributed by atoms with Crippen LogP contribution in [0.15, 0.2) is 17.2 Å². The Kier molecular flexibility index (Phi) is 7.82. The molecule has 4 aliphatic rings. The number of alkyl carbamates (subject to hydrolysis) is 1. The molecule has 1 saturated carbocycles. The first-order valence-corrected chi connectivity index (χ1v) is 16.1. The van der Waals surface area contributed by atoms with Crippen LogP contribution in [0.3, 0.4) is 0 Å². The van der Waals surface area contributed by atoms with E-state index in [1.165, 1.54) is 18.4 Å². The molecular formula is C26H30Cl3N7O5S. The fourth-order valence-electron chi connectivity index (χ4n) is 5.27. The Morgan fingerprint density at radius 3 is 2.74 bits per heavy atom. The van der Waals surface area contributed by atoms with E-state index in [1.807, 2.05) is 11.5 Å². The summed E-state index contributed by atoms with van der Waals surface area (Å²) in [6, 6.07) is 2.21. The maximum absolute atomic E-state index is 12.9. The van der Waals surface area contributed by atoms with Crippen LogP contribution in [0.2, 0.25) is 0 Å². The van der Waals surface area contributed by atoms with Gasteiger partial charge in [-0.3, -0.25) is 14.3 Å². The maximum atomic E-state index is 12.9. The van der Waals surface area contributed by atoms with Crippen molar-refractivity contribution in [2.24, 2.45) is 0 Å². The van der Waals surface area contributed by atoms with Gasteiger partial charge in [0.1, 0.15) is 23.9 Å². The zero-order valence-electron chi connectivity index (χ0n) is 23.0. The van der Waals surface area contributed by atoms with Crippen molar-refractivity contribution in [3.63, 3.8) is 0 Å². The molecule has 1 unspecified atom stereocenters. The lowest BCUT2D eigenvalue weighted by Gasteiger charge is -2.44. The van der Waals surface area contributed by atoms with Gasteiger partial charge in [0, 0.05) is 38.0 Å². The van der Waals surface area contributed by atoms with Crippen LogP contribution in [0, 0.1) is 0 Å². The van der Waals surface area contributed by atoms with Crippen LogP contribution >= 0.6 is 34.8 Å². The molecule has 2 aromatic heterocycles.